The van der Waals surface area contributed by atoms with Gasteiger partial charge in [0.25, 0.3) is 0 Å². The zero-order valence-electron chi connectivity index (χ0n) is 11.3. The smallest absolute Gasteiger partial charge is 0.224 e. The maximum atomic E-state index is 13.9. The number of carbonyl (C=O) groups excluding carboxylic acids is 2. The number of hydrogen-bond acceptors (Lipinski definition) is 5. The van der Waals surface area contributed by atoms with E-state index in [1.807, 2.05) is 0 Å². The largest absolute Gasteiger partial charge is 0.287 e. The van der Waals surface area contributed by atoms with Gasteiger partial charge in [-0.3, -0.25) is 14.6 Å². The van der Waals surface area contributed by atoms with Crippen molar-refractivity contribution in [3.63, 3.8) is 0 Å². The van der Waals surface area contributed by atoms with Crippen LogP contribution in [0.4, 0.5) is 8.78 Å². The molecule has 112 valence electrons. The van der Waals surface area contributed by atoms with Crippen LogP contribution >= 0.6 is 11.3 Å². The molecule has 0 unspecified atom stereocenters. The number of ketones is 2. The van der Waals surface area contributed by atoms with Gasteiger partial charge in [0.15, 0.2) is 0 Å². The molecule has 0 radical (unpaired) electrons. The van der Waals surface area contributed by atoms with Crippen LogP contribution in [-0.4, -0.2) is 21.5 Å². The highest BCUT2D eigenvalue weighted by Gasteiger charge is 2.34. The third-order valence-corrected chi connectivity index (χ3v) is 4.56. The standard InChI is InChI=1S/C16H6F2N2O2S/c17-7-3-4-8(10(18)6-7)16-20-12-13(21)9-2-1-5-19-11(9)14(22)15(12)23-16/h1-6H. The van der Waals surface area contributed by atoms with Crippen LogP contribution in [0.25, 0.3) is 10.6 Å². The summed E-state index contributed by atoms with van der Waals surface area (Å²) in [4.78, 5) is 33.0. The first-order chi connectivity index (χ1) is 11.1. The second kappa shape index (κ2) is 4.85. The third-order valence-electron chi connectivity index (χ3n) is 3.48. The number of nitrogens with zero attached hydrogens (tertiary/aromatic N) is 2. The van der Waals surface area contributed by atoms with E-state index in [4.69, 9.17) is 0 Å². The molecule has 1 aromatic carbocycles. The van der Waals surface area contributed by atoms with E-state index in [0.717, 1.165) is 23.5 Å². The van der Waals surface area contributed by atoms with Crippen molar-refractivity contribution in [2.75, 3.05) is 0 Å². The van der Waals surface area contributed by atoms with E-state index in [0.29, 0.717) is 0 Å². The second-order valence-electron chi connectivity index (χ2n) is 4.88. The monoisotopic (exact) mass is 328 g/mol. The number of pyridine rings is 1. The first-order valence-electron chi connectivity index (χ1n) is 6.57. The molecule has 0 amide bonds. The van der Waals surface area contributed by atoms with Crippen LogP contribution in [0.3, 0.4) is 0 Å². The Balaban J connectivity index is 1.90. The summed E-state index contributed by atoms with van der Waals surface area (Å²) in [6.07, 6.45) is 1.43. The summed E-state index contributed by atoms with van der Waals surface area (Å²) in [5.41, 5.74) is 0.281. The second-order valence-corrected chi connectivity index (χ2v) is 5.88. The summed E-state index contributed by atoms with van der Waals surface area (Å²) in [5.74, 6) is -2.35. The van der Waals surface area contributed by atoms with E-state index in [9.17, 15) is 18.4 Å². The summed E-state index contributed by atoms with van der Waals surface area (Å²) in [6.45, 7) is 0. The van der Waals surface area contributed by atoms with E-state index in [2.05, 4.69) is 9.97 Å². The van der Waals surface area contributed by atoms with Gasteiger partial charge in [-0.1, -0.05) is 0 Å². The lowest BCUT2D eigenvalue weighted by atomic mass is 9.96. The molecule has 0 aliphatic heterocycles. The topological polar surface area (TPSA) is 59.9 Å². The molecule has 2 heterocycles. The molecule has 1 aliphatic rings. The van der Waals surface area contributed by atoms with Crippen LogP contribution in [0, 0.1) is 11.6 Å². The first-order valence-corrected chi connectivity index (χ1v) is 7.38. The minimum Gasteiger partial charge on any atom is -0.287 e. The van der Waals surface area contributed by atoms with Crippen LogP contribution in [0.2, 0.25) is 0 Å². The normalized spacial score (nSPS) is 13.0. The molecular formula is C16H6F2N2O2S. The molecule has 7 heteroatoms. The number of carbonyl (C=O) groups is 2. The van der Waals surface area contributed by atoms with Gasteiger partial charge in [0, 0.05) is 17.8 Å². The summed E-state index contributed by atoms with van der Waals surface area (Å²) in [7, 11) is 0. The van der Waals surface area contributed by atoms with Crippen molar-refractivity contribution in [3.05, 3.63) is 70.0 Å². The van der Waals surface area contributed by atoms with Crippen molar-refractivity contribution in [2.24, 2.45) is 0 Å². The fourth-order valence-electron chi connectivity index (χ4n) is 2.41. The van der Waals surface area contributed by atoms with Gasteiger partial charge < -0.3 is 0 Å². The minimum absolute atomic E-state index is 0.0146. The van der Waals surface area contributed by atoms with E-state index >= 15 is 0 Å². The lowest BCUT2D eigenvalue weighted by Gasteiger charge is -2.10. The molecular weight excluding hydrogens is 322 g/mol. The van der Waals surface area contributed by atoms with Gasteiger partial charge in [-0.25, -0.2) is 13.8 Å². The molecule has 0 fully saturated rings. The first kappa shape index (κ1) is 13.8. The minimum atomic E-state index is -0.799. The lowest BCUT2D eigenvalue weighted by Crippen LogP contribution is -2.20. The Bertz CT molecular complexity index is 945. The Morgan fingerprint density at radius 3 is 2.57 bits per heavy atom. The van der Waals surface area contributed by atoms with Gasteiger partial charge in [0.1, 0.15) is 32.9 Å². The highest BCUT2D eigenvalue weighted by molar-refractivity contribution is 7.17. The molecule has 0 N–H and O–H groups in total. The zero-order valence-corrected chi connectivity index (χ0v) is 12.2. The molecule has 0 bridgehead atoms. The molecule has 23 heavy (non-hydrogen) atoms. The summed E-state index contributed by atoms with van der Waals surface area (Å²) < 4.78 is 26.9. The number of hydrogen-bond donors (Lipinski definition) is 0. The number of thiazole rings is 1. The van der Waals surface area contributed by atoms with Gasteiger partial charge in [0.2, 0.25) is 11.6 Å². The predicted octanol–water partition coefficient (Wildman–Crippen LogP) is 3.26. The lowest BCUT2D eigenvalue weighted by molar-refractivity contribution is 0.0975. The highest BCUT2D eigenvalue weighted by atomic mass is 32.1. The maximum absolute atomic E-state index is 13.9. The van der Waals surface area contributed by atoms with Gasteiger partial charge >= 0.3 is 0 Å². The van der Waals surface area contributed by atoms with Crippen LogP contribution in [-0.2, 0) is 0 Å². The summed E-state index contributed by atoms with van der Waals surface area (Å²) in [5, 5.41) is 0.155. The van der Waals surface area contributed by atoms with Gasteiger partial charge in [-0.15, -0.1) is 11.3 Å². The molecule has 4 nitrogen and oxygen atoms in total. The SMILES string of the molecule is O=C1c2cccnc2C(=O)c2sc(-c3ccc(F)cc3F)nc21. The molecule has 1 aliphatic carbocycles. The van der Waals surface area contributed by atoms with Crippen LogP contribution < -0.4 is 0 Å². The van der Waals surface area contributed by atoms with Gasteiger partial charge in [-0.2, -0.15) is 0 Å². The predicted molar refractivity (Wildman–Crippen MR) is 78.6 cm³/mol. The Morgan fingerprint density at radius 1 is 0.957 bits per heavy atom. The van der Waals surface area contributed by atoms with Crippen molar-refractivity contribution in [3.8, 4) is 10.6 Å². The quantitative estimate of drug-likeness (QED) is 0.538. The van der Waals surface area contributed by atoms with Crippen LogP contribution in [0.1, 0.15) is 31.4 Å². The van der Waals surface area contributed by atoms with Crippen molar-refractivity contribution >= 4 is 22.9 Å². The van der Waals surface area contributed by atoms with Crippen molar-refractivity contribution in [1.82, 2.24) is 9.97 Å². The molecule has 0 saturated heterocycles. The number of halogens is 2. The number of rotatable bonds is 1. The fraction of sp³-hybridized carbons (Fsp3) is 0. The molecule has 3 aromatic rings. The number of benzene rings is 1. The Kier molecular flexibility index (Phi) is 2.92. The number of fused-ring (bicyclic) bond motifs is 2. The van der Waals surface area contributed by atoms with E-state index in [1.54, 1.807) is 6.07 Å². The molecule has 0 atom stereocenters. The summed E-state index contributed by atoms with van der Waals surface area (Å²) in [6, 6.07) is 6.12. The van der Waals surface area contributed by atoms with Crippen LogP contribution in [0.15, 0.2) is 36.5 Å². The molecule has 4 rings (SSSR count). The average molecular weight is 328 g/mol. The molecule has 0 spiro atoms. The van der Waals surface area contributed by atoms with Crippen molar-refractivity contribution < 1.29 is 18.4 Å². The average Bonchev–Trinajstić information content (AvgIpc) is 2.98. The van der Waals surface area contributed by atoms with Gasteiger partial charge in [0.05, 0.1) is 5.56 Å². The van der Waals surface area contributed by atoms with Crippen molar-refractivity contribution in [2.45, 2.75) is 0 Å². The number of aromatic nitrogens is 2. The molecule has 0 saturated carbocycles. The molecule has 2 aromatic heterocycles. The Hall–Kier alpha value is -2.80. The van der Waals surface area contributed by atoms with E-state index < -0.39 is 23.2 Å². The highest BCUT2D eigenvalue weighted by Crippen LogP contribution is 2.35. The summed E-state index contributed by atoms with van der Waals surface area (Å²) >= 11 is 0.900. The third kappa shape index (κ3) is 2.01. The van der Waals surface area contributed by atoms with E-state index in [-0.39, 0.29) is 32.4 Å². The van der Waals surface area contributed by atoms with Crippen molar-refractivity contribution in [1.29, 1.82) is 0 Å². The zero-order chi connectivity index (χ0) is 16.1. The Morgan fingerprint density at radius 2 is 1.78 bits per heavy atom. The Labute approximate surface area is 132 Å². The fourth-order valence-corrected chi connectivity index (χ4v) is 3.44. The maximum Gasteiger partial charge on any atom is 0.224 e. The van der Waals surface area contributed by atoms with E-state index in [1.165, 1.54) is 18.3 Å². The van der Waals surface area contributed by atoms with Gasteiger partial charge in [-0.05, 0) is 24.3 Å². The van der Waals surface area contributed by atoms with Crippen LogP contribution in [0.5, 0.6) is 0 Å².